The second kappa shape index (κ2) is 9.47. The summed E-state index contributed by atoms with van der Waals surface area (Å²) in [5.74, 6) is 3.06. The Bertz CT molecular complexity index is 1220. The first-order chi connectivity index (χ1) is 16.6. The van der Waals surface area contributed by atoms with E-state index < -0.39 is 0 Å². The number of methoxy groups -OCH3 is 1. The highest BCUT2D eigenvalue weighted by Gasteiger charge is 2.28. The number of urea groups is 1. The molecule has 174 valence electrons. The quantitative estimate of drug-likeness (QED) is 0.620. The lowest BCUT2D eigenvalue weighted by molar-refractivity contribution is 0.169. The molecule has 0 bridgehead atoms. The highest BCUT2D eigenvalue weighted by atomic mass is 16.5. The number of nitrogens with zero attached hydrogens (tertiary/aromatic N) is 3. The molecular weight excluding hydrogens is 428 g/mol. The number of fused-ring (bicyclic) bond motifs is 2. The minimum Gasteiger partial charge on any atom is -0.497 e. The second-order valence-electron chi connectivity index (χ2n) is 8.49. The van der Waals surface area contributed by atoms with E-state index >= 15 is 0 Å². The Hall–Kier alpha value is -4.00. The molecular formula is C27H28N4O3. The van der Waals surface area contributed by atoms with Gasteiger partial charge in [0.2, 0.25) is 0 Å². The van der Waals surface area contributed by atoms with Gasteiger partial charge in [-0.05, 0) is 48.4 Å². The molecule has 34 heavy (non-hydrogen) atoms. The van der Waals surface area contributed by atoms with E-state index in [0.29, 0.717) is 32.7 Å². The Morgan fingerprint density at radius 2 is 1.79 bits per heavy atom. The number of benzene rings is 3. The number of hydrogen-bond acceptors (Lipinski definition) is 5. The molecule has 2 aliphatic rings. The fraction of sp³-hybridized carbons (Fsp3) is 0.259. The molecule has 0 spiro atoms. The molecule has 5 rings (SSSR count). The maximum atomic E-state index is 12.7. The Kier molecular flexibility index (Phi) is 6.08. The number of nitrogens with one attached hydrogen (secondary N) is 1. The summed E-state index contributed by atoms with van der Waals surface area (Å²) in [4.78, 5) is 21.8. The Labute approximate surface area is 199 Å². The van der Waals surface area contributed by atoms with Crippen molar-refractivity contribution < 1.29 is 14.3 Å². The molecule has 1 N–H and O–H groups in total. The van der Waals surface area contributed by atoms with Crippen molar-refractivity contribution in [2.45, 2.75) is 13.5 Å². The van der Waals surface area contributed by atoms with Gasteiger partial charge in [-0.25, -0.2) is 9.79 Å². The molecule has 7 heteroatoms. The molecule has 0 unspecified atom stereocenters. The first-order valence-electron chi connectivity index (χ1n) is 11.5. The maximum absolute atomic E-state index is 12.7. The average Bonchev–Trinajstić information content (AvgIpc) is 3.03. The van der Waals surface area contributed by atoms with Crippen molar-refractivity contribution in [1.82, 2.24) is 15.1 Å². The zero-order chi connectivity index (χ0) is 23.5. The minimum atomic E-state index is -0.0440. The van der Waals surface area contributed by atoms with E-state index in [1.54, 1.807) is 7.11 Å². The largest absolute Gasteiger partial charge is 0.497 e. The highest BCUT2D eigenvalue weighted by Crippen LogP contribution is 2.40. The fourth-order valence-corrected chi connectivity index (χ4v) is 4.24. The van der Waals surface area contributed by atoms with Gasteiger partial charge in [-0.15, -0.1) is 0 Å². The predicted molar refractivity (Wildman–Crippen MR) is 132 cm³/mol. The van der Waals surface area contributed by atoms with Gasteiger partial charge in [0.15, 0.2) is 5.75 Å². The number of aryl methyl sites for hydroxylation is 1. The predicted octanol–water partition coefficient (Wildman–Crippen LogP) is 4.72. The summed E-state index contributed by atoms with van der Waals surface area (Å²) in [6.07, 6.45) is 0. The van der Waals surface area contributed by atoms with Crippen LogP contribution in [0.1, 0.15) is 16.7 Å². The van der Waals surface area contributed by atoms with E-state index in [-0.39, 0.29) is 6.03 Å². The van der Waals surface area contributed by atoms with Crippen molar-refractivity contribution in [3.05, 3.63) is 83.4 Å². The summed E-state index contributed by atoms with van der Waals surface area (Å²) in [5, 5.41) is 3.02. The number of piperazine rings is 1. The average molecular weight is 457 g/mol. The lowest BCUT2D eigenvalue weighted by atomic mass is 10.1. The molecule has 2 amide bonds. The normalized spacial score (nSPS) is 14.8. The molecule has 2 aliphatic heterocycles. The van der Waals surface area contributed by atoms with Crippen LogP contribution in [0.4, 0.5) is 10.5 Å². The lowest BCUT2D eigenvalue weighted by Gasteiger charge is -2.36. The lowest BCUT2D eigenvalue weighted by Crippen LogP contribution is -2.53. The third kappa shape index (κ3) is 4.55. The van der Waals surface area contributed by atoms with Crippen LogP contribution in [-0.4, -0.2) is 55.0 Å². The fourth-order valence-electron chi connectivity index (χ4n) is 4.24. The number of amides is 2. The van der Waals surface area contributed by atoms with E-state index in [1.165, 1.54) is 0 Å². The second-order valence-corrected chi connectivity index (χ2v) is 8.49. The van der Waals surface area contributed by atoms with Crippen molar-refractivity contribution in [2.24, 2.45) is 4.99 Å². The molecule has 3 aromatic carbocycles. The summed E-state index contributed by atoms with van der Waals surface area (Å²) in [5.41, 5.74) is 3.87. The van der Waals surface area contributed by atoms with Crippen molar-refractivity contribution in [1.29, 1.82) is 0 Å². The molecule has 0 aliphatic carbocycles. The molecule has 0 aromatic heterocycles. The van der Waals surface area contributed by atoms with Crippen LogP contribution in [0, 0.1) is 6.92 Å². The standard InChI is InChI=1S/C27H28N4O3/c1-19-8-10-23-25(16-19)34-24-11-9-21(33-2)17-22(24)26(29-23)30-12-14-31(15-13-30)27(32)28-18-20-6-4-3-5-7-20/h3-11,16-17H,12-15,18H2,1-2H3,(H,28,32). The summed E-state index contributed by atoms with van der Waals surface area (Å²) < 4.78 is 11.7. The highest BCUT2D eigenvalue weighted by molar-refractivity contribution is 6.04. The van der Waals surface area contributed by atoms with Gasteiger partial charge in [0.25, 0.3) is 0 Å². The van der Waals surface area contributed by atoms with Crippen molar-refractivity contribution in [3.8, 4) is 17.2 Å². The molecule has 0 atom stereocenters. The van der Waals surface area contributed by atoms with Crippen LogP contribution in [0.15, 0.2) is 71.7 Å². The van der Waals surface area contributed by atoms with Crippen LogP contribution in [0.3, 0.4) is 0 Å². The molecule has 1 saturated heterocycles. The molecule has 0 saturated carbocycles. The first kappa shape index (κ1) is 21.8. The monoisotopic (exact) mass is 456 g/mol. The van der Waals surface area contributed by atoms with Gasteiger partial charge in [-0.3, -0.25) is 0 Å². The van der Waals surface area contributed by atoms with Crippen LogP contribution >= 0.6 is 0 Å². The van der Waals surface area contributed by atoms with Gasteiger partial charge in [0.1, 0.15) is 23.0 Å². The number of rotatable bonds is 3. The first-order valence-corrected chi connectivity index (χ1v) is 11.5. The van der Waals surface area contributed by atoms with Gasteiger partial charge < -0.3 is 24.6 Å². The Morgan fingerprint density at radius 1 is 1.00 bits per heavy atom. The molecule has 3 aromatic rings. The summed E-state index contributed by atoms with van der Waals surface area (Å²) in [6, 6.07) is 21.7. The number of carbonyl (C=O) groups excluding carboxylic acids is 1. The van der Waals surface area contributed by atoms with Gasteiger partial charge in [-0.2, -0.15) is 0 Å². The third-order valence-corrected chi connectivity index (χ3v) is 6.14. The Morgan fingerprint density at radius 3 is 2.56 bits per heavy atom. The molecule has 0 radical (unpaired) electrons. The zero-order valence-corrected chi connectivity index (χ0v) is 19.5. The summed E-state index contributed by atoms with van der Waals surface area (Å²) >= 11 is 0. The molecule has 2 heterocycles. The summed E-state index contributed by atoms with van der Waals surface area (Å²) in [6.45, 7) is 5.13. The number of aliphatic imine (C=N–C) groups is 1. The topological polar surface area (TPSA) is 66.4 Å². The van der Waals surface area contributed by atoms with Crippen LogP contribution in [0.2, 0.25) is 0 Å². The number of ether oxygens (including phenoxy) is 2. The SMILES string of the molecule is COc1ccc2c(c1)C(N1CCN(C(=O)NCc3ccccc3)CC1)=Nc1ccc(C)cc1O2. The van der Waals surface area contributed by atoms with Crippen molar-refractivity contribution in [2.75, 3.05) is 33.3 Å². The number of amidine groups is 1. The van der Waals surface area contributed by atoms with Crippen LogP contribution in [-0.2, 0) is 6.54 Å². The Balaban J connectivity index is 1.34. The van der Waals surface area contributed by atoms with E-state index in [0.717, 1.165) is 45.5 Å². The zero-order valence-electron chi connectivity index (χ0n) is 19.5. The number of carbonyl (C=O) groups is 1. The van der Waals surface area contributed by atoms with Gasteiger partial charge in [0, 0.05) is 32.7 Å². The van der Waals surface area contributed by atoms with Crippen molar-refractivity contribution >= 4 is 17.6 Å². The molecule has 7 nitrogen and oxygen atoms in total. The summed E-state index contributed by atoms with van der Waals surface area (Å²) in [7, 11) is 1.65. The maximum Gasteiger partial charge on any atom is 0.317 e. The smallest absolute Gasteiger partial charge is 0.317 e. The van der Waals surface area contributed by atoms with Gasteiger partial charge in [0.05, 0.1) is 12.7 Å². The van der Waals surface area contributed by atoms with E-state index in [9.17, 15) is 4.79 Å². The number of hydrogen-bond donors (Lipinski definition) is 1. The molecule has 1 fully saturated rings. The van der Waals surface area contributed by atoms with E-state index in [1.807, 2.05) is 78.6 Å². The van der Waals surface area contributed by atoms with E-state index in [4.69, 9.17) is 14.5 Å². The minimum absolute atomic E-state index is 0.0440. The van der Waals surface area contributed by atoms with Crippen LogP contribution in [0.5, 0.6) is 17.2 Å². The van der Waals surface area contributed by atoms with E-state index in [2.05, 4.69) is 10.2 Å². The van der Waals surface area contributed by atoms with Crippen molar-refractivity contribution in [3.63, 3.8) is 0 Å². The van der Waals surface area contributed by atoms with Crippen LogP contribution in [0.25, 0.3) is 0 Å². The van der Waals surface area contributed by atoms with Gasteiger partial charge >= 0.3 is 6.03 Å². The van der Waals surface area contributed by atoms with Crippen LogP contribution < -0.4 is 14.8 Å². The van der Waals surface area contributed by atoms with Gasteiger partial charge in [-0.1, -0.05) is 36.4 Å². The third-order valence-electron chi connectivity index (χ3n) is 6.14.